The van der Waals surface area contributed by atoms with Crippen LogP contribution < -0.4 is 5.32 Å². The van der Waals surface area contributed by atoms with Gasteiger partial charge in [0.1, 0.15) is 18.7 Å². The van der Waals surface area contributed by atoms with E-state index in [4.69, 9.17) is 11.6 Å². The van der Waals surface area contributed by atoms with Crippen LogP contribution in [0.5, 0.6) is 0 Å². The molecule has 19 heavy (non-hydrogen) atoms. The van der Waals surface area contributed by atoms with Crippen LogP contribution in [0.25, 0.3) is 0 Å². The van der Waals surface area contributed by atoms with Gasteiger partial charge in [-0.15, -0.1) is 0 Å². The molecule has 7 heteroatoms. The first-order valence-corrected chi connectivity index (χ1v) is 6.81. The van der Waals surface area contributed by atoms with Gasteiger partial charge < -0.3 is 5.32 Å². The highest BCUT2D eigenvalue weighted by molar-refractivity contribution is 9.10. The SMILES string of the molecule is CC(C(=O)NCc1ccc(Br)cc1Cl)n1cncn1. The molecule has 0 aliphatic carbocycles. The first-order chi connectivity index (χ1) is 9.08. The third kappa shape index (κ3) is 3.54. The van der Waals surface area contributed by atoms with Crippen LogP contribution in [-0.2, 0) is 11.3 Å². The van der Waals surface area contributed by atoms with E-state index in [-0.39, 0.29) is 5.91 Å². The number of aromatic nitrogens is 3. The van der Waals surface area contributed by atoms with Crippen molar-refractivity contribution in [3.63, 3.8) is 0 Å². The largest absolute Gasteiger partial charge is 0.350 e. The zero-order valence-electron chi connectivity index (χ0n) is 10.2. The Labute approximate surface area is 124 Å². The van der Waals surface area contributed by atoms with E-state index in [0.717, 1.165) is 10.0 Å². The average molecular weight is 344 g/mol. The average Bonchev–Trinajstić information content (AvgIpc) is 2.90. The van der Waals surface area contributed by atoms with Crippen molar-refractivity contribution in [1.29, 1.82) is 0 Å². The van der Waals surface area contributed by atoms with Gasteiger partial charge in [0.2, 0.25) is 5.91 Å². The molecule has 1 aromatic heterocycles. The summed E-state index contributed by atoms with van der Waals surface area (Å²) in [4.78, 5) is 15.8. The maximum atomic E-state index is 11.9. The van der Waals surface area contributed by atoms with E-state index in [9.17, 15) is 4.79 Å². The molecule has 1 amide bonds. The number of carbonyl (C=O) groups is 1. The number of nitrogens with zero attached hydrogens (tertiary/aromatic N) is 3. The number of rotatable bonds is 4. The van der Waals surface area contributed by atoms with Gasteiger partial charge in [-0.2, -0.15) is 5.10 Å². The molecular formula is C12H12BrClN4O. The predicted molar refractivity (Wildman–Crippen MR) is 75.7 cm³/mol. The van der Waals surface area contributed by atoms with E-state index < -0.39 is 6.04 Å². The van der Waals surface area contributed by atoms with Crippen LogP contribution in [0.1, 0.15) is 18.5 Å². The standard InChI is InChI=1S/C12H12BrClN4O/c1-8(18-7-15-6-17-18)12(19)16-5-9-2-3-10(13)4-11(9)14/h2-4,6-8H,5H2,1H3,(H,16,19). The number of hydrogen-bond acceptors (Lipinski definition) is 3. The van der Waals surface area contributed by atoms with Gasteiger partial charge in [0.05, 0.1) is 0 Å². The van der Waals surface area contributed by atoms with Gasteiger partial charge in [0.25, 0.3) is 0 Å². The minimum atomic E-state index is -0.406. The summed E-state index contributed by atoms with van der Waals surface area (Å²) >= 11 is 9.42. The monoisotopic (exact) mass is 342 g/mol. The number of carbonyl (C=O) groups excluding carboxylic acids is 1. The molecule has 100 valence electrons. The Hall–Kier alpha value is -1.40. The summed E-state index contributed by atoms with van der Waals surface area (Å²) in [6, 6.07) is 5.14. The van der Waals surface area contributed by atoms with E-state index in [1.54, 1.807) is 13.0 Å². The second kappa shape index (κ2) is 6.16. The normalized spacial score (nSPS) is 12.2. The molecule has 0 fully saturated rings. The van der Waals surface area contributed by atoms with Crippen LogP contribution in [0.4, 0.5) is 0 Å². The van der Waals surface area contributed by atoms with E-state index in [1.165, 1.54) is 17.3 Å². The van der Waals surface area contributed by atoms with Gasteiger partial charge in [-0.05, 0) is 24.6 Å². The first kappa shape index (κ1) is 14.0. The van der Waals surface area contributed by atoms with Gasteiger partial charge in [-0.1, -0.05) is 33.6 Å². The van der Waals surface area contributed by atoms with Crippen molar-refractivity contribution >= 4 is 33.4 Å². The maximum absolute atomic E-state index is 11.9. The molecule has 0 aliphatic heterocycles. The van der Waals surface area contributed by atoms with Crippen molar-refractivity contribution in [2.45, 2.75) is 19.5 Å². The molecule has 0 saturated heterocycles. The Balaban J connectivity index is 1.97. The van der Waals surface area contributed by atoms with Gasteiger partial charge in [-0.3, -0.25) is 4.79 Å². The van der Waals surface area contributed by atoms with Crippen molar-refractivity contribution < 1.29 is 4.79 Å². The second-order valence-corrected chi connectivity index (χ2v) is 5.33. The fourth-order valence-corrected chi connectivity index (χ4v) is 2.27. The summed E-state index contributed by atoms with van der Waals surface area (Å²) < 4.78 is 2.40. The molecule has 0 radical (unpaired) electrons. The second-order valence-electron chi connectivity index (χ2n) is 4.01. The Morgan fingerprint density at radius 1 is 1.58 bits per heavy atom. The number of hydrogen-bond donors (Lipinski definition) is 1. The third-order valence-electron chi connectivity index (χ3n) is 2.68. The van der Waals surface area contributed by atoms with Gasteiger partial charge in [0, 0.05) is 16.0 Å². The topological polar surface area (TPSA) is 59.8 Å². The smallest absolute Gasteiger partial charge is 0.244 e. The van der Waals surface area contributed by atoms with E-state index in [0.29, 0.717) is 11.6 Å². The Morgan fingerprint density at radius 2 is 2.37 bits per heavy atom. The van der Waals surface area contributed by atoms with Gasteiger partial charge in [0.15, 0.2) is 0 Å². The number of nitrogens with one attached hydrogen (secondary N) is 1. The molecule has 0 spiro atoms. The molecule has 1 atom stereocenters. The molecule has 0 aliphatic rings. The molecule has 1 aromatic carbocycles. The summed E-state index contributed by atoms with van der Waals surface area (Å²) in [7, 11) is 0. The van der Waals surface area contributed by atoms with E-state index in [1.807, 2.05) is 12.1 Å². The summed E-state index contributed by atoms with van der Waals surface area (Å²) in [5.41, 5.74) is 0.865. The molecule has 1 heterocycles. The summed E-state index contributed by atoms with van der Waals surface area (Å²) in [6.45, 7) is 2.14. The lowest BCUT2D eigenvalue weighted by Crippen LogP contribution is -2.30. The lowest BCUT2D eigenvalue weighted by Gasteiger charge is -2.12. The van der Waals surface area contributed by atoms with E-state index >= 15 is 0 Å². The summed E-state index contributed by atoms with van der Waals surface area (Å²) in [5.74, 6) is -0.135. The summed E-state index contributed by atoms with van der Waals surface area (Å²) in [5, 5.41) is 7.37. The highest BCUT2D eigenvalue weighted by Crippen LogP contribution is 2.21. The first-order valence-electron chi connectivity index (χ1n) is 5.63. The fourth-order valence-electron chi connectivity index (χ4n) is 1.53. The highest BCUT2D eigenvalue weighted by atomic mass is 79.9. The predicted octanol–water partition coefficient (Wildman–Crippen LogP) is 2.57. The van der Waals surface area contributed by atoms with Gasteiger partial charge in [-0.25, -0.2) is 9.67 Å². The molecule has 2 rings (SSSR count). The fraction of sp³-hybridized carbons (Fsp3) is 0.250. The molecular weight excluding hydrogens is 332 g/mol. The molecule has 1 unspecified atom stereocenters. The third-order valence-corrected chi connectivity index (χ3v) is 3.53. The Bertz CT molecular complexity index is 573. The van der Waals surface area contributed by atoms with Crippen LogP contribution in [-0.4, -0.2) is 20.7 Å². The Kier molecular flexibility index (Phi) is 4.55. The lowest BCUT2D eigenvalue weighted by atomic mass is 10.2. The lowest BCUT2D eigenvalue weighted by molar-refractivity contribution is -0.124. The Morgan fingerprint density at radius 3 is 3.00 bits per heavy atom. The van der Waals surface area contributed by atoms with Crippen molar-refractivity contribution in [3.05, 3.63) is 45.9 Å². The molecule has 5 nitrogen and oxygen atoms in total. The quantitative estimate of drug-likeness (QED) is 0.928. The summed E-state index contributed by atoms with van der Waals surface area (Å²) in [6.07, 6.45) is 2.91. The zero-order chi connectivity index (χ0) is 13.8. The van der Waals surface area contributed by atoms with Gasteiger partial charge >= 0.3 is 0 Å². The van der Waals surface area contributed by atoms with Crippen LogP contribution in [0.2, 0.25) is 5.02 Å². The van der Waals surface area contributed by atoms with Crippen molar-refractivity contribution in [2.75, 3.05) is 0 Å². The zero-order valence-corrected chi connectivity index (χ0v) is 12.5. The van der Waals surface area contributed by atoms with Crippen LogP contribution in [0, 0.1) is 0 Å². The highest BCUT2D eigenvalue weighted by Gasteiger charge is 2.15. The number of amides is 1. The van der Waals surface area contributed by atoms with Crippen LogP contribution in [0.3, 0.4) is 0 Å². The molecule has 0 saturated carbocycles. The number of halogens is 2. The number of benzene rings is 1. The van der Waals surface area contributed by atoms with Crippen LogP contribution >= 0.6 is 27.5 Å². The van der Waals surface area contributed by atoms with Crippen LogP contribution in [0.15, 0.2) is 35.3 Å². The van der Waals surface area contributed by atoms with Crippen molar-refractivity contribution in [1.82, 2.24) is 20.1 Å². The minimum Gasteiger partial charge on any atom is -0.350 e. The van der Waals surface area contributed by atoms with Crippen molar-refractivity contribution in [3.8, 4) is 0 Å². The maximum Gasteiger partial charge on any atom is 0.244 e. The molecule has 0 bridgehead atoms. The molecule has 2 aromatic rings. The minimum absolute atomic E-state index is 0.135. The molecule has 1 N–H and O–H groups in total. The van der Waals surface area contributed by atoms with Crippen molar-refractivity contribution in [2.24, 2.45) is 0 Å². The van der Waals surface area contributed by atoms with E-state index in [2.05, 4.69) is 31.3 Å².